The standard InChI is InChI=1S/C16H21N3O/c1-2-6-16(7-3-1)19-11-15(10-18-19)13-20-12-14-5-4-8-17-9-14/h1-3,6-7,10-11,14,17H,4-5,8-9,12-13H2. The molecule has 1 aliphatic rings. The number of ether oxygens (including phenoxy) is 1. The molecule has 0 aliphatic carbocycles. The van der Waals surface area contributed by atoms with Gasteiger partial charge in [-0.15, -0.1) is 0 Å². The van der Waals surface area contributed by atoms with Gasteiger partial charge < -0.3 is 10.1 Å². The predicted octanol–water partition coefficient (Wildman–Crippen LogP) is 2.39. The fourth-order valence-corrected chi connectivity index (χ4v) is 2.57. The third-order valence-corrected chi connectivity index (χ3v) is 3.68. The number of hydrogen-bond acceptors (Lipinski definition) is 3. The van der Waals surface area contributed by atoms with Crippen LogP contribution in [0.5, 0.6) is 0 Å². The normalized spacial score (nSPS) is 19.1. The van der Waals surface area contributed by atoms with Crippen LogP contribution in [0.3, 0.4) is 0 Å². The van der Waals surface area contributed by atoms with E-state index in [9.17, 15) is 0 Å². The largest absolute Gasteiger partial charge is 0.376 e. The van der Waals surface area contributed by atoms with Gasteiger partial charge >= 0.3 is 0 Å². The highest BCUT2D eigenvalue weighted by Crippen LogP contribution is 2.12. The highest BCUT2D eigenvalue weighted by atomic mass is 16.5. The second kappa shape index (κ2) is 6.68. The number of benzene rings is 1. The van der Waals surface area contributed by atoms with E-state index in [-0.39, 0.29) is 0 Å². The molecule has 0 saturated carbocycles. The number of piperidine rings is 1. The molecule has 1 aromatic heterocycles. The van der Waals surface area contributed by atoms with Crippen LogP contribution in [0.4, 0.5) is 0 Å². The van der Waals surface area contributed by atoms with E-state index in [1.807, 2.05) is 47.4 Å². The van der Waals surface area contributed by atoms with Gasteiger partial charge in [-0.05, 0) is 37.4 Å². The van der Waals surface area contributed by atoms with Crippen molar-refractivity contribution in [3.8, 4) is 5.69 Å². The highest BCUT2D eigenvalue weighted by molar-refractivity contribution is 5.30. The summed E-state index contributed by atoms with van der Waals surface area (Å²) in [5.41, 5.74) is 2.20. The van der Waals surface area contributed by atoms with Gasteiger partial charge in [-0.1, -0.05) is 18.2 Å². The van der Waals surface area contributed by atoms with Crippen molar-refractivity contribution < 1.29 is 4.74 Å². The van der Waals surface area contributed by atoms with Crippen LogP contribution in [0, 0.1) is 5.92 Å². The number of nitrogens with one attached hydrogen (secondary N) is 1. The summed E-state index contributed by atoms with van der Waals surface area (Å²) in [4.78, 5) is 0. The SMILES string of the molecule is c1ccc(-n2cc(COCC3CCCNC3)cn2)cc1. The smallest absolute Gasteiger partial charge is 0.0747 e. The van der Waals surface area contributed by atoms with Crippen molar-refractivity contribution in [3.63, 3.8) is 0 Å². The zero-order valence-corrected chi connectivity index (χ0v) is 11.7. The molecule has 4 heteroatoms. The molecule has 1 fully saturated rings. The van der Waals surface area contributed by atoms with E-state index < -0.39 is 0 Å². The minimum absolute atomic E-state index is 0.642. The fraction of sp³-hybridized carbons (Fsp3) is 0.438. The Balaban J connectivity index is 1.50. The van der Waals surface area contributed by atoms with E-state index in [2.05, 4.69) is 10.4 Å². The number of nitrogens with zero attached hydrogens (tertiary/aromatic N) is 2. The van der Waals surface area contributed by atoms with E-state index in [1.54, 1.807) is 0 Å². The highest BCUT2D eigenvalue weighted by Gasteiger charge is 2.12. The minimum Gasteiger partial charge on any atom is -0.376 e. The molecule has 106 valence electrons. The van der Waals surface area contributed by atoms with Gasteiger partial charge in [0.2, 0.25) is 0 Å². The summed E-state index contributed by atoms with van der Waals surface area (Å²) < 4.78 is 7.70. The first-order valence-electron chi connectivity index (χ1n) is 7.29. The summed E-state index contributed by atoms with van der Waals surface area (Å²) in [6, 6.07) is 10.1. The molecule has 2 aromatic rings. The lowest BCUT2D eigenvalue weighted by molar-refractivity contribution is 0.0783. The fourth-order valence-electron chi connectivity index (χ4n) is 2.57. The lowest BCUT2D eigenvalue weighted by Crippen LogP contribution is -2.32. The lowest BCUT2D eigenvalue weighted by atomic mass is 10.0. The number of hydrogen-bond donors (Lipinski definition) is 1. The molecule has 1 N–H and O–H groups in total. The van der Waals surface area contributed by atoms with Crippen molar-refractivity contribution in [2.45, 2.75) is 19.4 Å². The van der Waals surface area contributed by atoms with E-state index in [4.69, 9.17) is 4.74 Å². The maximum Gasteiger partial charge on any atom is 0.0747 e. The zero-order valence-electron chi connectivity index (χ0n) is 11.7. The minimum atomic E-state index is 0.642. The average molecular weight is 271 g/mol. The third-order valence-electron chi connectivity index (χ3n) is 3.68. The van der Waals surface area contributed by atoms with Crippen LogP contribution in [0.2, 0.25) is 0 Å². The summed E-state index contributed by atoms with van der Waals surface area (Å²) in [5, 5.41) is 7.79. The van der Waals surface area contributed by atoms with Crippen molar-refractivity contribution in [1.82, 2.24) is 15.1 Å². The molecule has 1 saturated heterocycles. The zero-order chi connectivity index (χ0) is 13.6. The van der Waals surface area contributed by atoms with Crippen molar-refractivity contribution in [3.05, 3.63) is 48.3 Å². The molecule has 0 bridgehead atoms. The maximum atomic E-state index is 5.82. The van der Waals surface area contributed by atoms with Crippen LogP contribution in [0.25, 0.3) is 5.69 Å². The monoisotopic (exact) mass is 271 g/mol. The molecule has 4 nitrogen and oxygen atoms in total. The van der Waals surface area contributed by atoms with Crippen molar-refractivity contribution in [2.75, 3.05) is 19.7 Å². The van der Waals surface area contributed by atoms with Crippen LogP contribution < -0.4 is 5.32 Å². The molecule has 1 aromatic carbocycles. The molecule has 0 amide bonds. The molecule has 20 heavy (non-hydrogen) atoms. The first-order chi connectivity index (χ1) is 9.92. The summed E-state index contributed by atoms with van der Waals surface area (Å²) in [6.45, 7) is 3.72. The van der Waals surface area contributed by atoms with Crippen LogP contribution in [-0.2, 0) is 11.3 Å². The molecular formula is C16H21N3O. The maximum absolute atomic E-state index is 5.82. The Labute approximate surface area is 119 Å². The van der Waals surface area contributed by atoms with Gasteiger partial charge in [0, 0.05) is 18.3 Å². The average Bonchev–Trinajstić information content (AvgIpc) is 2.98. The Hall–Kier alpha value is -1.65. The van der Waals surface area contributed by atoms with Crippen molar-refractivity contribution in [1.29, 1.82) is 0 Å². The van der Waals surface area contributed by atoms with Crippen LogP contribution in [-0.4, -0.2) is 29.5 Å². The second-order valence-electron chi connectivity index (χ2n) is 5.36. The van der Waals surface area contributed by atoms with Gasteiger partial charge in [-0.2, -0.15) is 5.10 Å². The van der Waals surface area contributed by atoms with Crippen LogP contribution >= 0.6 is 0 Å². The Morgan fingerprint density at radius 1 is 1.30 bits per heavy atom. The number of aromatic nitrogens is 2. The summed E-state index contributed by atoms with van der Waals surface area (Å²) in [7, 11) is 0. The second-order valence-corrected chi connectivity index (χ2v) is 5.36. The summed E-state index contributed by atoms with van der Waals surface area (Å²) >= 11 is 0. The van der Waals surface area contributed by atoms with E-state index in [0.29, 0.717) is 12.5 Å². The molecule has 3 rings (SSSR count). The molecular weight excluding hydrogens is 250 g/mol. The molecule has 1 atom stereocenters. The van der Waals surface area contributed by atoms with Gasteiger partial charge in [0.15, 0.2) is 0 Å². The number of rotatable bonds is 5. The van der Waals surface area contributed by atoms with Gasteiger partial charge in [0.25, 0.3) is 0 Å². The molecule has 1 unspecified atom stereocenters. The Kier molecular flexibility index (Phi) is 4.46. The molecule has 1 aliphatic heterocycles. The van der Waals surface area contributed by atoms with Crippen molar-refractivity contribution in [2.24, 2.45) is 5.92 Å². The lowest BCUT2D eigenvalue weighted by Gasteiger charge is -2.22. The van der Waals surface area contributed by atoms with Gasteiger partial charge in [0.1, 0.15) is 0 Å². The summed E-state index contributed by atoms with van der Waals surface area (Å²) in [5.74, 6) is 0.660. The van der Waals surface area contributed by atoms with E-state index in [0.717, 1.165) is 30.9 Å². The van der Waals surface area contributed by atoms with Gasteiger partial charge in [-0.3, -0.25) is 0 Å². The van der Waals surface area contributed by atoms with E-state index in [1.165, 1.54) is 12.8 Å². The van der Waals surface area contributed by atoms with E-state index >= 15 is 0 Å². The third kappa shape index (κ3) is 3.46. The molecule has 2 heterocycles. The Bertz CT molecular complexity index is 518. The van der Waals surface area contributed by atoms with Crippen molar-refractivity contribution >= 4 is 0 Å². The Morgan fingerprint density at radius 3 is 3.00 bits per heavy atom. The van der Waals surface area contributed by atoms with Crippen LogP contribution in [0.1, 0.15) is 18.4 Å². The molecule has 0 radical (unpaired) electrons. The Morgan fingerprint density at radius 2 is 2.20 bits per heavy atom. The summed E-state index contributed by atoms with van der Waals surface area (Å²) in [6.07, 6.45) is 6.46. The molecule has 0 spiro atoms. The topological polar surface area (TPSA) is 39.1 Å². The predicted molar refractivity (Wildman–Crippen MR) is 78.8 cm³/mol. The quantitative estimate of drug-likeness (QED) is 0.907. The van der Waals surface area contributed by atoms with Gasteiger partial charge in [-0.25, -0.2) is 4.68 Å². The first-order valence-corrected chi connectivity index (χ1v) is 7.29. The first kappa shape index (κ1) is 13.3. The van der Waals surface area contributed by atoms with Gasteiger partial charge in [0.05, 0.1) is 25.1 Å². The number of para-hydroxylation sites is 1. The van der Waals surface area contributed by atoms with Crippen LogP contribution in [0.15, 0.2) is 42.7 Å².